The van der Waals surface area contributed by atoms with Crippen LogP contribution in [0.15, 0.2) is 12.1 Å². The molecule has 0 atom stereocenters. The molecule has 1 rings (SSSR count). The largest absolute Gasteiger partial charge is 0.319 e. The Bertz CT molecular complexity index is 486. The summed E-state index contributed by atoms with van der Waals surface area (Å²) in [7, 11) is 1.79. The van der Waals surface area contributed by atoms with Crippen molar-refractivity contribution < 1.29 is 13.6 Å². The van der Waals surface area contributed by atoms with Gasteiger partial charge in [-0.3, -0.25) is 4.79 Å². The smallest absolute Gasteiger partial charge is 0.162 e. The van der Waals surface area contributed by atoms with Crippen molar-refractivity contribution in [3.05, 3.63) is 34.9 Å². The highest BCUT2D eigenvalue weighted by atomic mass is 19.1. The van der Waals surface area contributed by atoms with Crippen molar-refractivity contribution in [3.63, 3.8) is 0 Å². The second-order valence-corrected chi connectivity index (χ2v) is 3.52. The zero-order valence-corrected chi connectivity index (χ0v) is 9.73. The van der Waals surface area contributed by atoms with E-state index in [0.717, 1.165) is 6.07 Å². The summed E-state index contributed by atoms with van der Waals surface area (Å²) in [5, 5.41) is 2.90. The minimum Gasteiger partial charge on any atom is -0.319 e. The Morgan fingerprint density at radius 1 is 1.35 bits per heavy atom. The number of hydrogen-bond donors (Lipinski definition) is 1. The lowest BCUT2D eigenvalue weighted by Gasteiger charge is -2.01. The highest BCUT2D eigenvalue weighted by Gasteiger charge is 2.11. The minimum atomic E-state index is -0.851. The standard InChI is InChI=1S/C13H13F2NO/c1-9(17)11-7-10(5-3-4-6-16-2)12(14)8-13(11)15/h7-8,16H,4,6H2,1-2H3. The van der Waals surface area contributed by atoms with Gasteiger partial charge in [0.25, 0.3) is 0 Å². The monoisotopic (exact) mass is 237 g/mol. The van der Waals surface area contributed by atoms with Gasteiger partial charge in [-0.25, -0.2) is 8.78 Å². The molecule has 0 heterocycles. The van der Waals surface area contributed by atoms with Gasteiger partial charge >= 0.3 is 0 Å². The Morgan fingerprint density at radius 2 is 2.06 bits per heavy atom. The molecule has 0 amide bonds. The number of Topliss-reactive ketones (excluding diaryl/α,β-unsaturated/α-hetero) is 1. The van der Waals surface area contributed by atoms with Crippen LogP contribution in [0.3, 0.4) is 0 Å². The molecular formula is C13H13F2NO. The van der Waals surface area contributed by atoms with Crippen molar-refractivity contribution in [3.8, 4) is 11.8 Å². The Morgan fingerprint density at radius 3 is 2.65 bits per heavy atom. The molecule has 0 fully saturated rings. The first-order valence-electron chi connectivity index (χ1n) is 5.19. The van der Waals surface area contributed by atoms with Crippen LogP contribution in [0.4, 0.5) is 8.78 Å². The third-order valence-electron chi connectivity index (χ3n) is 2.16. The van der Waals surface area contributed by atoms with Crippen LogP contribution in [-0.4, -0.2) is 19.4 Å². The average molecular weight is 237 g/mol. The number of ketones is 1. The molecule has 0 saturated heterocycles. The minimum absolute atomic E-state index is 0.0488. The summed E-state index contributed by atoms with van der Waals surface area (Å²) in [6, 6.07) is 1.85. The van der Waals surface area contributed by atoms with E-state index in [9.17, 15) is 13.6 Å². The third kappa shape index (κ3) is 3.65. The van der Waals surface area contributed by atoms with Crippen LogP contribution in [-0.2, 0) is 0 Å². The Labute approximate surface area is 99.0 Å². The summed E-state index contributed by atoms with van der Waals surface area (Å²) >= 11 is 0. The molecule has 17 heavy (non-hydrogen) atoms. The van der Waals surface area contributed by atoms with Gasteiger partial charge in [0.2, 0.25) is 0 Å². The summed E-state index contributed by atoms with van der Waals surface area (Å²) in [6.45, 7) is 1.92. The van der Waals surface area contributed by atoms with Crippen LogP contribution in [0.2, 0.25) is 0 Å². The van der Waals surface area contributed by atoms with Gasteiger partial charge in [-0.05, 0) is 20.0 Å². The molecule has 0 aliphatic heterocycles. The Kier molecular flexibility index (Phi) is 4.80. The van der Waals surface area contributed by atoms with Crippen LogP contribution in [0.25, 0.3) is 0 Å². The maximum absolute atomic E-state index is 13.3. The molecule has 1 aromatic rings. The fourth-order valence-electron chi connectivity index (χ4n) is 1.26. The lowest BCUT2D eigenvalue weighted by Crippen LogP contribution is -2.06. The van der Waals surface area contributed by atoms with Gasteiger partial charge in [0.05, 0.1) is 11.1 Å². The number of carbonyl (C=O) groups excluding carboxylic acids is 1. The molecule has 0 aliphatic rings. The van der Waals surface area contributed by atoms with Gasteiger partial charge in [-0.1, -0.05) is 11.8 Å². The molecule has 1 aromatic carbocycles. The van der Waals surface area contributed by atoms with Crippen molar-refractivity contribution in [2.24, 2.45) is 0 Å². The Balaban J connectivity index is 3.02. The van der Waals surface area contributed by atoms with Gasteiger partial charge in [0.15, 0.2) is 5.78 Å². The molecule has 0 saturated carbocycles. The van der Waals surface area contributed by atoms with Gasteiger partial charge in [0.1, 0.15) is 11.6 Å². The maximum Gasteiger partial charge on any atom is 0.162 e. The Hall–Kier alpha value is -1.73. The van der Waals surface area contributed by atoms with Gasteiger partial charge in [0, 0.05) is 19.0 Å². The zero-order chi connectivity index (χ0) is 12.8. The predicted molar refractivity (Wildman–Crippen MR) is 61.8 cm³/mol. The molecule has 0 radical (unpaired) electrons. The van der Waals surface area contributed by atoms with E-state index in [2.05, 4.69) is 17.2 Å². The van der Waals surface area contributed by atoms with E-state index in [1.807, 2.05) is 0 Å². The molecule has 0 aliphatic carbocycles. The summed E-state index contributed by atoms with van der Waals surface area (Å²) in [5.41, 5.74) is -0.0861. The fourth-order valence-corrected chi connectivity index (χ4v) is 1.26. The summed E-state index contributed by atoms with van der Waals surface area (Å²) in [5.74, 6) is 3.29. The number of hydrogen-bond acceptors (Lipinski definition) is 2. The quantitative estimate of drug-likeness (QED) is 0.495. The molecule has 4 heteroatoms. The number of halogens is 2. The lowest BCUT2D eigenvalue weighted by molar-refractivity contribution is 0.101. The molecule has 2 nitrogen and oxygen atoms in total. The van der Waals surface area contributed by atoms with Crippen molar-refractivity contribution in [2.75, 3.05) is 13.6 Å². The van der Waals surface area contributed by atoms with Gasteiger partial charge in [-0.15, -0.1) is 0 Å². The van der Waals surface area contributed by atoms with Crippen LogP contribution in [0, 0.1) is 23.5 Å². The first kappa shape index (κ1) is 13.3. The van der Waals surface area contributed by atoms with E-state index < -0.39 is 17.4 Å². The normalized spacial score (nSPS) is 9.65. The fraction of sp³-hybridized carbons (Fsp3) is 0.308. The third-order valence-corrected chi connectivity index (χ3v) is 2.16. The van der Waals surface area contributed by atoms with Crippen molar-refractivity contribution >= 4 is 5.78 Å². The van der Waals surface area contributed by atoms with Crippen LogP contribution >= 0.6 is 0 Å². The first-order chi connectivity index (χ1) is 8.06. The number of benzene rings is 1. The van der Waals surface area contributed by atoms with Crippen molar-refractivity contribution in [1.29, 1.82) is 0 Å². The van der Waals surface area contributed by atoms with E-state index >= 15 is 0 Å². The SMILES string of the molecule is CNCCC#Cc1cc(C(C)=O)c(F)cc1F. The van der Waals surface area contributed by atoms with Crippen LogP contribution in [0.1, 0.15) is 29.3 Å². The summed E-state index contributed by atoms with van der Waals surface area (Å²) in [6.07, 6.45) is 0.558. The lowest BCUT2D eigenvalue weighted by atomic mass is 10.1. The van der Waals surface area contributed by atoms with E-state index in [-0.39, 0.29) is 11.1 Å². The molecule has 0 bridgehead atoms. The molecule has 1 N–H and O–H groups in total. The first-order valence-corrected chi connectivity index (χ1v) is 5.19. The number of rotatable bonds is 3. The highest BCUT2D eigenvalue weighted by molar-refractivity contribution is 5.94. The summed E-state index contributed by atoms with van der Waals surface area (Å²) < 4.78 is 26.5. The summed E-state index contributed by atoms with van der Waals surface area (Å²) in [4.78, 5) is 11.1. The van der Waals surface area contributed by atoms with Gasteiger partial charge < -0.3 is 5.32 Å². The van der Waals surface area contributed by atoms with E-state index in [0.29, 0.717) is 19.0 Å². The second-order valence-electron chi connectivity index (χ2n) is 3.52. The highest BCUT2D eigenvalue weighted by Crippen LogP contribution is 2.14. The molecule has 0 unspecified atom stereocenters. The van der Waals surface area contributed by atoms with Crippen LogP contribution in [0.5, 0.6) is 0 Å². The molecule has 0 spiro atoms. The topological polar surface area (TPSA) is 29.1 Å². The average Bonchev–Trinajstić information content (AvgIpc) is 2.26. The second kappa shape index (κ2) is 6.12. The van der Waals surface area contributed by atoms with Crippen molar-refractivity contribution in [1.82, 2.24) is 5.32 Å². The van der Waals surface area contributed by atoms with E-state index in [1.54, 1.807) is 7.05 Å². The predicted octanol–water partition coefficient (Wildman–Crippen LogP) is 2.13. The zero-order valence-electron chi connectivity index (χ0n) is 9.73. The van der Waals surface area contributed by atoms with E-state index in [1.165, 1.54) is 6.92 Å². The molecular weight excluding hydrogens is 224 g/mol. The van der Waals surface area contributed by atoms with Crippen LogP contribution < -0.4 is 5.32 Å². The van der Waals surface area contributed by atoms with E-state index in [4.69, 9.17) is 0 Å². The number of nitrogens with one attached hydrogen (secondary N) is 1. The number of carbonyl (C=O) groups is 1. The molecule has 0 aromatic heterocycles. The maximum atomic E-state index is 13.3. The molecule has 90 valence electrons. The van der Waals surface area contributed by atoms with Crippen molar-refractivity contribution in [2.45, 2.75) is 13.3 Å². The van der Waals surface area contributed by atoms with Gasteiger partial charge in [-0.2, -0.15) is 0 Å².